The van der Waals surface area contributed by atoms with Gasteiger partial charge in [0.2, 0.25) is 11.8 Å². The number of alkyl halides is 3. The highest BCUT2D eigenvalue weighted by Crippen LogP contribution is 2.40. The predicted octanol–water partition coefficient (Wildman–Crippen LogP) is 7.48. The van der Waals surface area contributed by atoms with E-state index in [0.29, 0.717) is 24.6 Å². The van der Waals surface area contributed by atoms with E-state index >= 15 is 8.78 Å². The van der Waals surface area contributed by atoms with E-state index in [2.05, 4.69) is 33.1 Å². The fourth-order valence-electron chi connectivity index (χ4n) is 5.38. The van der Waals surface area contributed by atoms with Gasteiger partial charge in [0.15, 0.2) is 6.61 Å². The lowest BCUT2D eigenvalue weighted by Gasteiger charge is -2.28. The van der Waals surface area contributed by atoms with Crippen molar-refractivity contribution in [3.8, 4) is 23.0 Å². The molecule has 1 aliphatic heterocycles. The van der Waals surface area contributed by atoms with Gasteiger partial charge in [-0.05, 0) is 42.0 Å². The van der Waals surface area contributed by atoms with Gasteiger partial charge in [-0.1, -0.05) is 32.0 Å². The number of pyridine rings is 2. The Kier molecular flexibility index (Phi) is 8.17. The molecule has 0 bridgehead atoms. The van der Waals surface area contributed by atoms with Gasteiger partial charge in [-0.15, -0.1) is 0 Å². The zero-order chi connectivity index (χ0) is 31.8. The maximum Gasteiger partial charge on any atom is 0.422 e. The first-order chi connectivity index (χ1) is 21.5. The SMILES string of the molecule is CC1(C)COC[C@H]1n1c(Cc2cc(F)c(-c3cccc(OCc4ccc(OCC(F)(F)F)nc4)n3)cc2F)nc2ccccc21. The molecular weight excluding hydrogens is 595 g/mol. The van der Waals surface area contributed by atoms with Crippen molar-refractivity contribution in [2.24, 2.45) is 5.41 Å². The molecule has 1 saturated heterocycles. The summed E-state index contributed by atoms with van der Waals surface area (Å²) in [5, 5.41) is 0. The Labute approximate surface area is 255 Å². The quantitative estimate of drug-likeness (QED) is 0.158. The van der Waals surface area contributed by atoms with Gasteiger partial charge in [-0.2, -0.15) is 13.2 Å². The molecule has 7 nitrogen and oxygen atoms in total. The van der Waals surface area contributed by atoms with Gasteiger partial charge in [0.25, 0.3) is 0 Å². The summed E-state index contributed by atoms with van der Waals surface area (Å²) in [6.45, 7) is 3.86. The highest BCUT2D eigenvalue weighted by Gasteiger charge is 2.39. The van der Waals surface area contributed by atoms with Gasteiger partial charge in [-0.25, -0.2) is 23.7 Å². The van der Waals surface area contributed by atoms with Crippen LogP contribution in [0.5, 0.6) is 11.8 Å². The van der Waals surface area contributed by atoms with Gasteiger partial charge in [0.05, 0.1) is 36.0 Å². The number of halogens is 5. The standard InChI is InChI=1S/C33H29F5N4O3/c1-32(2)18-43-17-28(32)42-27-8-4-3-6-26(27)40-29(42)13-21-12-24(35)22(14-23(21)34)25-7-5-9-31(41-25)44-16-20-10-11-30(39-15-20)45-19-33(36,37)38/h3-12,14-15,28H,13,16-19H2,1-2H3/t28-/m1/s1. The van der Waals surface area contributed by atoms with Crippen LogP contribution in [0.25, 0.3) is 22.3 Å². The van der Waals surface area contributed by atoms with Crippen molar-refractivity contribution < 1.29 is 36.2 Å². The Balaban J connectivity index is 1.20. The number of para-hydroxylation sites is 2. The van der Waals surface area contributed by atoms with E-state index in [4.69, 9.17) is 14.5 Å². The molecule has 45 heavy (non-hydrogen) atoms. The summed E-state index contributed by atoms with van der Waals surface area (Å²) in [5.74, 6) is -0.663. The van der Waals surface area contributed by atoms with Crippen LogP contribution in [-0.4, -0.2) is 45.5 Å². The smallest absolute Gasteiger partial charge is 0.422 e. The summed E-state index contributed by atoms with van der Waals surface area (Å²) in [4.78, 5) is 13.0. The molecule has 6 rings (SSSR count). The zero-order valence-electron chi connectivity index (χ0n) is 24.4. The molecule has 2 aromatic carbocycles. The number of aromatic nitrogens is 4. The van der Waals surface area contributed by atoms with Crippen molar-refractivity contribution in [2.45, 2.75) is 39.1 Å². The van der Waals surface area contributed by atoms with Crippen molar-refractivity contribution in [3.63, 3.8) is 0 Å². The highest BCUT2D eigenvalue weighted by molar-refractivity contribution is 5.76. The van der Waals surface area contributed by atoms with Crippen molar-refractivity contribution in [3.05, 3.63) is 102 Å². The van der Waals surface area contributed by atoms with Crippen molar-refractivity contribution >= 4 is 11.0 Å². The molecule has 1 fully saturated rings. The molecule has 0 amide bonds. The molecule has 0 spiro atoms. The van der Waals surface area contributed by atoms with Crippen LogP contribution in [-0.2, 0) is 17.8 Å². The number of rotatable bonds is 9. The molecule has 3 aromatic heterocycles. The molecule has 12 heteroatoms. The second-order valence-electron chi connectivity index (χ2n) is 11.6. The minimum absolute atomic E-state index is 0.0113. The van der Waals surface area contributed by atoms with E-state index in [1.807, 2.05) is 24.3 Å². The first kappa shape index (κ1) is 30.4. The number of ether oxygens (including phenoxy) is 3. The summed E-state index contributed by atoms with van der Waals surface area (Å²) in [5.41, 5.74) is 2.35. The molecule has 234 valence electrons. The third-order valence-electron chi connectivity index (χ3n) is 7.68. The third kappa shape index (κ3) is 6.75. The second kappa shape index (κ2) is 12.1. The van der Waals surface area contributed by atoms with Crippen LogP contribution in [0.1, 0.15) is 36.8 Å². The van der Waals surface area contributed by atoms with Crippen LogP contribution < -0.4 is 9.47 Å². The van der Waals surface area contributed by atoms with E-state index in [0.717, 1.165) is 17.1 Å². The van der Waals surface area contributed by atoms with Gasteiger partial charge >= 0.3 is 6.18 Å². The Morgan fingerprint density at radius 3 is 2.49 bits per heavy atom. The topological polar surface area (TPSA) is 71.3 Å². The molecule has 0 radical (unpaired) electrons. The summed E-state index contributed by atoms with van der Waals surface area (Å²) in [7, 11) is 0. The van der Waals surface area contributed by atoms with Crippen molar-refractivity contribution in [1.82, 2.24) is 19.5 Å². The lowest BCUT2D eigenvalue weighted by molar-refractivity contribution is -0.154. The first-order valence-electron chi connectivity index (χ1n) is 14.2. The second-order valence-corrected chi connectivity index (χ2v) is 11.6. The number of benzene rings is 2. The van der Waals surface area contributed by atoms with E-state index in [1.54, 1.807) is 18.2 Å². The number of fused-ring (bicyclic) bond motifs is 1. The molecule has 0 aliphatic carbocycles. The Morgan fingerprint density at radius 2 is 1.76 bits per heavy atom. The number of nitrogens with zero attached hydrogens (tertiary/aromatic N) is 4. The Bertz CT molecular complexity index is 1820. The molecule has 0 N–H and O–H groups in total. The Hall–Kier alpha value is -4.58. The molecule has 0 saturated carbocycles. The van der Waals surface area contributed by atoms with Crippen LogP contribution >= 0.6 is 0 Å². The van der Waals surface area contributed by atoms with E-state index in [9.17, 15) is 13.2 Å². The molecule has 1 atom stereocenters. The monoisotopic (exact) mass is 624 g/mol. The molecule has 0 unspecified atom stereocenters. The van der Waals surface area contributed by atoms with Gasteiger partial charge in [0, 0.05) is 41.3 Å². The zero-order valence-corrected chi connectivity index (χ0v) is 24.4. The maximum absolute atomic E-state index is 15.6. The van der Waals surface area contributed by atoms with Gasteiger partial charge < -0.3 is 18.8 Å². The molecular formula is C33H29F5N4O3. The van der Waals surface area contributed by atoms with Crippen LogP contribution in [0.2, 0.25) is 0 Å². The molecule has 1 aliphatic rings. The predicted molar refractivity (Wildman–Crippen MR) is 156 cm³/mol. The number of imidazole rings is 1. The van der Waals surface area contributed by atoms with Crippen LogP contribution in [0.4, 0.5) is 22.0 Å². The molecule has 5 aromatic rings. The summed E-state index contributed by atoms with van der Waals surface area (Å²) < 4.78 is 86.3. The van der Waals surface area contributed by atoms with E-state index in [1.165, 1.54) is 24.4 Å². The average Bonchev–Trinajstić information content (AvgIpc) is 3.54. The normalized spacial score (nSPS) is 16.3. The largest absolute Gasteiger partial charge is 0.473 e. The van der Waals surface area contributed by atoms with Crippen molar-refractivity contribution in [1.29, 1.82) is 0 Å². The third-order valence-corrected chi connectivity index (χ3v) is 7.68. The van der Waals surface area contributed by atoms with Crippen LogP contribution in [0.15, 0.2) is 72.9 Å². The van der Waals surface area contributed by atoms with E-state index in [-0.39, 0.29) is 53.1 Å². The summed E-state index contributed by atoms with van der Waals surface area (Å²) in [6, 6.07) is 17.5. The summed E-state index contributed by atoms with van der Waals surface area (Å²) >= 11 is 0. The number of hydrogen-bond donors (Lipinski definition) is 0. The van der Waals surface area contributed by atoms with Crippen LogP contribution in [0.3, 0.4) is 0 Å². The van der Waals surface area contributed by atoms with Crippen molar-refractivity contribution in [2.75, 3.05) is 19.8 Å². The lowest BCUT2D eigenvalue weighted by atomic mass is 9.87. The fraction of sp³-hybridized carbons (Fsp3) is 0.303. The number of hydrogen-bond acceptors (Lipinski definition) is 6. The molecule has 4 heterocycles. The first-order valence-corrected chi connectivity index (χ1v) is 14.2. The fourth-order valence-corrected chi connectivity index (χ4v) is 5.38. The minimum Gasteiger partial charge on any atom is -0.473 e. The average molecular weight is 625 g/mol. The van der Waals surface area contributed by atoms with Crippen LogP contribution in [0, 0.1) is 17.0 Å². The highest BCUT2D eigenvalue weighted by atomic mass is 19.4. The minimum atomic E-state index is -4.47. The van der Waals surface area contributed by atoms with E-state index < -0.39 is 24.4 Å². The maximum atomic E-state index is 15.6. The summed E-state index contributed by atoms with van der Waals surface area (Å²) in [6.07, 6.45) is -3.07. The van der Waals surface area contributed by atoms with Gasteiger partial charge in [0.1, 0.15) is 24.1 Å². The lowest BCUT2D eigenvalue weighted by Crippen LogP contribution is -2.27. The Morgan fingerprint density at radius 1 is 0.933 bits per heavy atom. The van der Waals surface area contributed by atoms with Gasteiger partial charge in [-0.3, -0.25) is 0 Å².